The number of carbonyl (C=O) groups is 1. The van der Waals surface area contributed by atoms with Gasteiger partial charge in [-0.2, -0.15) is 0 Å². The molecule has 0 radical (unpaired) electrons. The van der Waals surface area contributed by atoms with E-state index in [1.807, 2.05) is 0 Å². The van der Waals surface area contributed by atoms with Crippen LogP contribution in [-0.4, -0.2) is 61.7 Å². The maximum absolute atomic E-state index is 13.4. The molecule has 1 aliphatic carbocycles. The van der Waals surface area contributed by atoms with Gasteiger partial charge >= 0.3 is 0 Å². The first-order valence-corrected chi connectivity index (χ1v) is 11.6. The predicted molar refractivity (Wildman–Crippen MR) is 122 cm³/mol. The Hall–Kier alpha value is -3.44. The second-order valence-electron chi connectivity index (χ2n) is 9.15. The van der Waals surface area contributed by atoms with Gasteiger partial charge in [0.2, 0.25) is 11.9 Å². The fourth-order valence-corrected chi connectivity index (χ4v) is 4.41. The van der Waals surface area contributed by atoms with Crippen LogP contribution in [0.4, 0.5) is 35.1 Å². The SMILES string of the molecule is O=C(c1ccnc(Nc2nc3cc(NC4CCC(F)(F)CC4)ncc3[nH]2)c1)N1CCC(F)(F)CC1. The second kappa shape index (κ2) is 8.97. The minimum absolute atomic E-state index is 0.00709. The van der Waals surface area contributed by atoms with Crippen molar-refractivity contribution in [2.24, 2.45) is 0 Å². The van der Waals surface area contributed by atoms with Crippen molar-refractivity contribution < 1.29 is 22.4 Å². The zero-order valence-electron chi connectivity index (χ0n) is 18.8. The van der Waals surface area contributed by atoms with Crippen molar-refractivity contribution >= 4 is 34.5 Å². The Kier molecular flexibility index (Phi) is 5.97. The summed E-state index contributed by atoms with van der Waals surface area (Å²) < 4.78 is 53.6. The molecule has 1 saturated carbocycles. The van der Waals surface area contributed by atoms with E-state index in [0.29, 0.717) is 47.0 Å². The number of amides is 1. The summed E-state index contributed by atoms with van der Waals surface area (Å²) in [6.45, 7) is 0.0142. The zero-order valence-corrected chi connectivity index (χ0v) is 18.8. The molecule has 3 aromatic heterocycles. The third kappa shape index (κ3) is 5.46. The quantitative estimate of drug-likeness (QED) is 0.437. The highest BCUT2D eigenvalue weighted by molar-refractivity contribution is 5.95. The average Bonchev–Trinajstić information content (AvgIpc) is 3.22. The molecule has 3 N–H and O–H groups in total. The van der Waals surface area contributed by atoms with Crippen molar-refractivity contribution in [3.63, 3.8) is 0 Å². The van der Waals surface area contributed by atoms with Gasteiger partial charge in [-0.15, -0.1) is 0 Å². The van der Waals surface area contributed by atoms with Gasteiger partial charge in [0, 0.05) is 62.6 Å². The molecule has 0 bridgehead atoms. The van der Waals surface area contributed by atoms with E-state index in [2.05, 4.69) is 30.6 Å². The molecule has 12 heteroatoms. The number of alkyl halides is 4. The molecule has 3 aromatic rings. The topological polar surface area (TPSA) is 98.8 Å². The molecular weight excluding hydrogens is 466 g/mol. The maximum atomic E-state index is 13.4. The maximum Gasteiger partial charge on any atom is 0.254 e. The summed E-state index contributed by atoms with van der Waals surface area (Å²) >= 11 is 0. The Morgan fingerprint density at radius 3 is 2.46 bits per heavy atom. The number of nitrogens with zero attached hydrogens (tertiary/aromatic N) is 4. The molecule has 4 heterocycles. The van der Waals surface area contributed by atoms with Crippen LogP contribution in [0.2, 0.25) is 0 Å². The van der Waals surface area contributed by atoms with Crippen LogP contribution in [0.5, 0.6) is 0 Å². The Morgan fingerprint density at radius 1 is 1.00 bits per heavy atom. The lowest BCUT2D eigenvalue weighted by atomic mass is 9.92. The second-order valence-corrected chi connectivity index (χ2v) is 9.15. The highest BCUT2D eigenvalue weighted by Gasteiger charge is 2.36. The lowest BCUT2D eigenvalue weighted by Gasteiger charge is -2.31. The summed E-state index contributed by atoms with van der Waals surface area (Å²) in [5.41, 5.74) is 1.62. The Balaban J connectivity index is 1.25. The molecule has 1 aliphatic heterocycles. The van der Waals surface area contributed by atoms with Crippen molar-refractivity contribution in [3.8, 4) is 0 Å². The van der Waals surface area contributed by atoms with E-state index in [-0.39, 0.29) is 50.7 Å². The fourth-order valence-electron chi connectivity index (χ4n) is 4.41. The van der Waals surface area contributed by atoms with Gasteiger partial charge in [0.15, 0.2) is 0 Å². The van der Waals surface area contributed by atoms with Crippen LogP contribution in [0.15, 0.2) is 30.6 Å². The van der Waals surface area contributed by atoms with Gasteiger partial charge in [0.25, 0.3) is 11.8 Å². The lowest BCUT2D eigenvalue weighted by molar-refractivity contribution is -0.0494. The van der Waals surface area contributed by atoms with Crippen molar-refractivity contribution in [1.82, 2.24) is 24.8 Å². The number of carbonyl (C=O) groups excluding carboxylic acids is 1. The smallest absolute Gasteiger partial charge is 0.254 e. The molecule has 1 amide bonds. The van der Waals surface area contributed by atoms with E-state index in [0.717, 1.165) is 0 Å². The first-order chi connectivity index (χ1) is 16.7. The van der Waals surface area contributed by atoms with Gasteiger partial charge in [-0.1, -0.05) is 0 Å². The predicted octanol–water partition coefficient (Wildman–Crippen LogP) is 4.96. The average molecular weight is 491 g/mol. The molecule has 0 unspecified atom stereocenters. The zero-order chi connectivity index (χ0) is 24.6. The number of aromatic amines is 1. The molecule has 2 aliphatic rings. The van der Waals surface area contributed by atoms with E-state index in [4.69, 9.17) is 0 Å². The van der Waals surface area contributed by atoms with Gasteiger partial charge in [-0.3, -0.25) is 4.79 Å². The van der Waals surface area contributed by atoms with Gasteiger partial charge in [0.05, 0.1) is 17.2 Å². The van der Waals surface area contributed by atoms with Gasteiger partial charge < -0.3 is 20.5 Å². The number of anilines is 3. The number of fused-ring (bicyclic) bond motifs is 1. The van der Waals surface area contributed by atoms with Crippen LogP contribution in [0, 0.1) is 0 Å². The molecule has 2 fully saturated rings. The van der Waals surface area contributed by atoms with Crippen LogP contribution < -0.4 is 10.6 Å². The minimum atomic E-state index is -2.72. The van der Waals surface area contributed by atoms with Crippen molar-refractivity contribution in [1.29, 1.82) is 0 Å². The third-order valence-corrected chi connectivity index (χ3v) is 6.47. The van der Waals surface area contributed by atoms with E-state index >= 15 is 0 Å². The highest BCUT2D eigenvalue weighted by Crippen LogP contribution is 2.34. The molecule has 0 atom stereocenters. The minimum Gasteiger partial charge on any atom is -0.367 e. The largest absolute Gasteiger partial charge is 0.367 e. The lowest BCUT2D eigenvalue weighted by Crippen LogP contribution is -2.42. The first-order valence-electron chi connectivity index (χ1n) is 11.6. The van der Waals surface area contributed by atoms with Crippen LogP contribution in [0.1, 0.15) is 48.9 Å². The van der Waals surface area contributed by atoms with Gasteiger partial charge in [-0.25, -0.2) is 32.5 Å². The van der Waals surface area contributed by atoms with E-state index in [1.165, 1.54) is 11.1 Å². The number of nitrogens with one attached hydrogen (secondary N) is 3. The van der Waals surface area contributed by atoms with Crippen molar-refractivity contribution in [3.05, 3.63) is 36.2 Å². The Morgan fingerprint density at radius 2 is 1.71 bits per heavy atom. The molecule has 5 rings (SSSR count). The molecular formula is C23H25F4N7O. The van der Waals surface area contributed by atoms with Gasteiger partial charge in [-0.05, 0) is 25.0 Å². The summed E-state index contributed by atoms with van der Waals surface area (Å²) in [7, 11) is 0. The number of H-pyrrole nitrogens is 1. The molecule has 1 saturated heterocycles. The summed E-state index contributed by atoms with van der Waals surface area (Å²) in [4.78, 5) is 30.3. The molecule has 8 nitrogen and oxygen atoms in total. The standard InChI is InChI=1S/C23H25F4N7O/c24-22(25)4-1-15(2-5-22)30-19-12-16-17(13-29-19)32-21(31-16)33-18-11-14(3-8-28-18)20(35)34-9-6-23(26,27)7-10-34/h3,8,11-13,15H,1-2,4-7,9-10H2,(H,29,30)(H2,28,31,32,33). The fraction of sp³-hybridized carbons (Fsp3) is 0.478. The number of rotatable bonds is 5. The highest BCUT2D eigenvalue weighted by atomic mass is 19.3. The number of hydrogen-bond donors (Lipinski definition) is 3. The number of halogens is 4. The van der Waals surface area contributed by atoms with E-state index in [1.54, 1.807) is 24.4 Å². The number of piperidine rings is 1. The van der Waals surface area contributed by atoms with E-state index < -0.39 is 11.8 Å². The van der Waals surface area contributed by atoms with Crippen LogP contribution in [0.25, 0.3) is 11.0 Å². The molecule has 0 aromatic carbocycles. The molecule has 0 spiro atoms. The summed E-state index contributed by atoms with van der Waals surface area (Å²) in [6, 6.07) is 4.77. The summed E-state index contributed by atoms with van der Waals surface area (Å²) in [5, 5.41) is 6.22. The normalized spacial score (nSPS) is 20.1. The van der Waals surface area contributed by atoms with Crippen molar-refractivity contribution in [2.75, 3.05) is 23.7 Å². The monoisotopic (exact) mass is 491 g/mol. The van der Waals surface area contributed by atoms with Crippen LogP contribution in [-0.2, 0) is 0 Å². The number of likely N-dealkylation sites (tertiary alicyclic amines) is 1. The van der Waals surface area contributed by atoms with Crippen LogP contribution in [0.3, 0.4) is 0 Å². The van der Waals surface area contributed by atoms with Crippen LogP contribution >= 0.6 is 0 Å². The third-order valence-electron chi connectivity index (χ3n) is 6.47. The number of hydrogen-bond acceptors (Lipinski definition) is 6. The Labute approximate surface area is 198 Å². The van der Waals surface area contributed by atoms with Crippen molar-refractivity contribution in [2.45, 2.75) is 56.4 Å². The molecule has 35 heavy (non-hydrogen) atoms. The summed E-state index contributed by atoms with van der Waals surface area (Å²) in [6.07, 6.45) is 2.87. The first kappa shape index (κ1) is 23.3. The van der Waals surface area contributed by atoms with Gasteiger partial charge in [0.1, 0.15) is 11.6 Å². The molecule has 186 valence electrons. The number of imidazole rings is 1. The number of pyridine rings is 2. The summed E-state index contributed by atoms with van der Waals surface area (Å²) in [5.74, 6) is -4.33. The van der Waals surface area contributed by atoms with E-state index in [9.17, 15) is 22.4 Å². The number of aromatic nitrogens is 4. The Bertz CT molecular complexity index is 1210.